The predicted molar refractivity (Wildman–Crippen MR) is 67.1 cm³/mol. The minimum atomic E-state index is -0.296. The summed E-state index contributed by atoms with van der Waals surface area (Å²) in [5.41, 5.74) is 2.32. The molecule has 0 aliphatic carbocycles. The number of aryl methyl sites for hydroxylation is 1. The number of rotatable bonds is 2. The molecular weight excluding hydrogens is 268 g/mol. The number of epoxide rings is 1. The zero-order valence-electron chi connectivity index (χ0n) is 10.1. The van der Waals surface area contributed by atoms with Gasteiger partial charge in [0.15, 0.2) is 16.6 Å². The maximum atomic E-state index is 9.21. The van der Waals surface area contributed by atoms with Crippen LogP contribution in [0, 0.1) is 11.7 Å². The Labute approximate surface area is 113 Å². The van der Waals surface area contributed by atoms with Gasteiger partial charge in [0.25, 0.3) is 0 Å². The van der Waals surface area contributed by atoms with Gasteiger partial charge in [-0.1, -0.05) is 0 Å². The molecule has 0 radical (unpaired) electrons. The summed E-state index contributed by atoms with van der Waals surface area (Å²) in [6.45, 7) is 1.86. The van der Waals surface area contributed by atoms with Gasteiger partial charge in [0, 0.05) is 5.69 Å². The molecule has 2 aromatic rings. The molecule has 2 saturated heterocycles. The van der Waals surface area contributed by atoms with Gasteiger partial charge in [-0.05, 0) is 19.1 Å². The SMILES string of the molecule is Cc1[nH]c(=S)nc2c1ncn2[C@@H]1O[C@H](CO)[C@H]2O[C@H]21. The van der Waals surface area contributed by atoms with Crippen LogP contribution >= 0.6 is 12.2 Å². The number of ether oxygens (including phenoxy) is 2. The van der Waals surface area contributed by atoms with Gasteiger partial charge in [0.1, 0.15) is 23.8 Å². The number of nitrogens with zero attached hydrogens (tertiary/aromatic N) is 3. The summed E-state index contributed by atoms with van der Waals surface area (Å²) in [5, 5.41) is 9.21. The number of imidazole rings is 1. The number of fused-ring (bicyclic) bond motifs is 2. The van der Waals surface area contributed by atoms with Crippen LogP contribution in [-0.2, 0) is 9.47 Å². The third-order valence-corrected chi connectivity index (χ3v) is 3.80. The number of aromatic amines is 1. The molecular formula is C11H12N4O3S. The lowest BCUT2D eigenvalue weighted by atomic mass is 10.2. The van der Waals surface area contributed by atoms with E-state index >= 15 is 0 Å². The van der Waals surface area contributed by atoms with Gasteiger partial charge < -0.3 is 19.6 Å². The molecule has 0 saturated carbocycles. The van der Waals surface area contributed by atoms with Crippen LogP contribution in [0.5, 0.6) is 0 Å². The van der Waals surface area contributed by atoms with Crippen LogP contribution in [0.25, 0.3) is 11.2 Å². The van der Waals surface area contributed by atoms with Crippen LogP contribution in [0.15, 0.2) is 6.33 Å². The van der Waals surface area contributed by atoms with Crippen molar-refractivity contribution in [3.8, 4) is 0 Å². The number of H-pyrrole nitrogens is 1. The summed E-state index contributed by atoms with van der Waals surface area (Å²) in [6.07, 6.45) is 1.06. The number of aliphatic hydroxyl groups is 1. The summed E-state index contributed by atoms with van der Waals surface area (Å²) in [4.78, 5) is 11.6. The van der Waals surface area contributed by atoms with Crippen molar-refractivity contribution in [3.63, 3.8) is 0 Å². The fraction of sp³-hybridized carbons (Fsp3) is 0.545. The van der Waals surface area contributed by atoms with Crippen molar-refractivity contribution in [2.75, 3.05) is 6.61 Å². The van der Waals surface area contributed by atoms with E-state index in [1.54, 1.807) is 6.33 Å². The van der Waals surface area contributed by atoms with Gasteiger partial charge in [0.05, 0.1) is 12.9 Å². The Bertz CT molecular complexity index is 712. The Kier molecular flexibility index (Phi) is 2.31. The van der Waals surface area contributed by atoms with Crippen LogP contribution in [-0.4, -0.2) is 49.5 Å². The molecule has 4 atom stereocenters. The largest absolute Gasteiger partial charge is 0.394 e. The average Bonchev–Trinajstić information content (AvgIpc) is 2.91. The van der Waals surface area contributed by atoms with Crippen molar-refractivity contribution in [2.24, 2.45) is 0 Å². The molecule has 4 heterocycles. The Hall–Kier alpha value is -1.35. The maximum absolute atomic E-state index is 9.21. The highest BCUT2D eigenvalue weighted by Gasteiger charge is 2.58. The first-order valence-electron chi connectivity index (χ1n) is 6.04. The molecule has 7 nitrogen and oxygen atoms in total. The van der Waals surface area contributed by atoms with E-state index in [0.717, 1.165) is 11.2 Å². The minimum absolute atomic E-state index is 0.0215. The molecule has 0 unspecified atom stereocenters. The number of hydrogen-bond acceptors (Lipinski definition) is 6. The second-order valence-electron chi connectivity index (χ2n) is 4.80. The van der Waals surface area contributed by atoms with Gasteiger partial charge in [-0.3, -0.25) is 4.57 Å². The highest BCUT2D eigenvalue weighted by molar-refractivity contribution is 7.71. The molecule has 4 rings (SSSR count). The van der Waals surface area contributed by atoms with Gasteiger partial charge >= 0.3 is 0 Å². The topological polar surface area (TPSA) is 88.5 Å². The summed E-state index contributed by atoms with van der Waals surface area (Å²) in [6, 6.07) is 0. The first-order chi connectivity index (χ1) is 9.19. The van der Waals surface area contributed by atoms with E-state index in [1.165, 1.54) is 0 Å². The maximum Gasteiger partial charge on any atom is 0.199 e. The van der Waals surface area contributed by atoms with Crippen LogP contribution in [0.2, 0.25) is 0 Å². The zero-order chi connectivity index (χ0) is 13.1. The van der Waals surface area contributed by atoms with Crippen LogP contribution in [0.4, 0.5) is 0 Å². The van der Waals surface area contributed by atoms with E-state index in [9.17, 15) is 5.11 Å². The van der Waals surface area contributed by atoms with Gasteiger partial charge in [-0.15, -0.1) is 0 Å². The van der Waals surface area contributed by atoms with E-state index in [0.29, 0.717) is 10.4 Å². The summed E-state index contributed by atoms with van der Waals surface area (Å²) >= 11 is 5.09. The fourth-order valence-corrected chi connectivity index (χ4v) is 2.87. The smallest absolute Gasteiger partial charge is 0.199 e. The molecule has 0 spiro atoms. The van der Waals surface area contributed by atoms with E-state index in [2.05, 4.69) is 15.0 Å². The van der Waals surface area contributed by atoms with E-state index in [1.807, 2.05) is 11.5 Å². The monoisotopic (exact) mass is 280 g/mol. The van der Waals surface area contributed by atoms with Crippen LogP contribution in [0.3, 0.4) is 0 Å². The lowest BCUT2D eigenvalue weighted by molar-refractivity contribution is -0.0823. The number of aliphatic hydroxyl groups excluding tert-OH is 1. The van der Waals surface area contributed by atoms with Gasteiger partial charge in [-0.25, -0.2) is 4.98 Å². The number of aromatic nitrogens is 4. The lowest BCUT2D eigenvalue weighted by Crippen LogP contribution is -2.22. The average molecular weight is 280 g/mol. The third-order valence-electron chi connectivity index (χ3n) is 3.60. The Morgan fingerprint density at radius 2 is 2.32 bits per heavy atom. The van der Waals surface area contributed by atoms with Gasteiger partial charge in [-0.2, -0.15) is 4.98 Å². The van der Waals surface area contributed by atoms with Gasteiger partial charge in [0.2, 0.25) is 0 Å². The second kappa shape index (κ2) is 3.83. The summed E-state index contributed by atoms with van der Waals surface area (Å²) < 4.78 is 13.5. The van der Waals surface area contributed by atoms with Crippen LogP contribution in [0.1, 0.15) is 11.9 Å². The molecule has 19 heavy (non-hydrogen) atoms. The van der Waals surface area contributed by atoms with Crippen molar-refractivity contribution in [2.45, 2.75) is 31.5 Å². The van der Waals surface area contributed by atoms with Crippen molar-refractivity contribution >= 4 is 23.4 Å². The molecule has 100 valence electrons. The highest BCUT2D eigenvalue weighted by atomic mass is 32.1. The van der Waals surface area contributed by atoms with Crippen molar-refractivity contribution < 1.29 is 14.6 Å². The molecule has 2 aromatic heterocycles. The molecule has 8 heteroatoms. The molecule has 0 bridgehead atoms. The second-order valence-corrected chi connectivity index (χ2v) is 5.19. The third kappa shape index (κ3) is 1.57. The predicted octanol–water partition coefficient (Wildman–Crippen LogP) is 0.454. The Balaban J connectivity index is 1.82. The molecule has 0 amide bonds. The summed E-state index contributed by atoms with van der Waals surface area (Å²) in [5.74, 6) is 0. The molecule has 2 N–H and O–H groups in total. The van der Waals surface area contributed by atoms with E-state index in [-0.39, 0.29) is 31.1 Å². The first-order valence-corrected chi connectivity index (χ1v) is 6.45. The highest BCUT2D eigenvalue weighted by Crippen LogP contribution is 2.45. The molecule has 0 aromatic carbocycles. The lowest BCUT2D eigenvalue weighted by Gasteiger charge is -2.17. The Morgan fingerprint density at radius 3 is 3.05 bits per heavy atom. The van der Waals surface area contributed by atoms with Crippen molar-refractivity contribution in [1.82, 2.24) is 19.5 Å². The first kappa shape index (κ1) is 11.5. The fourth-order valence-electron chi connectivity index (χ4n) is 2.63. The molecule has 2 aliphatic heterocycles. The Morgan fingerprint density at radius 1 is 1.47 bits per heavy atom. The van der Waals surface area contributed by atoms with Crippen LogP contribution < -0.4 is 0 Å². The van der Waals surface area contributed by atoms with E-state index < -0.39 is 0 Å². The number of nitrogens with one attached hydrogen (secondary N) is 1. The van der Waals surface area contributed by atoms with Crippen molar-refractivity contribution in [3.05, 3.63) is 16.8 Å². The number of hydrogen-bond donors (Lipinski definition) is 2. The summed E-state index contributed by atoms with van der Waals surface area (Å²) in [7, 11) is 0. The quantitative estimate of drug-likeness (QED) is 0.613. The standard InChI is InChI=1S/C11H12N4O3S/c1-4-6-9(14-11(19)13-4)15(3-12-6)10-8-7(18-8)5(2-16)17-10/h3,5,7-8,10,16H,2H2,1H3,(H,13,14,19)/t5-,7-,8-,10-/m1/s1. The van der Waals surface area contributed by atoms with Crippen molar-refractivity contribution in [1.29, 1.82) is 0 Å². The molecule has 2 aliphatic rings. The van der Waals surface area contributed by atoms with E-state index in [4.69, 9.17) is 21.7 Å². The molecule has 2 fully saturated rings. The zero-order valence-corrected chi connectivity index (χ0v) is 10.9. The normalized spacial score (nSPS) is 32.7. The minimum Gasteiger partial charge on any atom is -0.394 e.